The van der Waals surface area contributed by atoms with Gasteiger partial charge in [-0.2, -0.15) is 0 Å². The van der Waals surface area contributed by atoms with Crippen molar-refractivity contribution in [2.75, 3.05) is 19.6 Å². The zero-order valence-corrected chi connectivity index (χ0v) is 14.8. The third-order valence-electron chi connectivity index (χ3n) is 4.60. The summed E-state index contributed by atoms with van der Waals surface area (Å²) in [6.45, 7) is 4.69. The van der Waals surface area contributed by atoms with Crippen LogP contribution in [-0.2, 0) is 4.79 Å². The van der Waals surface area contributed by atoms with E-state index in [9.17, 15) is 4.79 Å². The van der Waals surface area contributed by atoms with Crippen LogP contribution in [0.3, 0.4) is 0 Å². The zero-order valence-electron chi connectivity index (χ0n) is 14.0. The highest BCUT2D eigenvalue weighted by Gasteiger charge is 2.26. The highest BCUT2D eigenvalue weighted by atomic mass is 35.5. The molecule has 1 atom stereocenters. The Bertz CT molecular complexity index is 593. The molecular weight excluding hydrogens is 320 g/mol. The maximum absolute atomic E-state index is 12.9. The molecule has 0 saturated carbocycles. The minimum absolute atomic E-state index is 0. The van der Waals surface area contributed by atoms with E-state index in [1.165, 1.54) is 11.1 Å². The van der Waals surface area contributed by atoms with Crippen LogP contribution in [0.2, 0.25) is 0 Å². The average molecular weight is 345 g/mol. The Labute approximate surface area is 150 Å². The first-order valence-electron chi connectivity index (χ1n) is 8.36. The second-order valence-corrected chi connectivity index (χ2v) is 6.22. The van der Waals surface area contributed by atoms with Crippen LogP contribution in [0.15, 0.2) is 60.7 Å². The third-order valence-corrected chi connectivity index (χ3v) is 4.60. The van der Waals surface area contributed by atoms with Crippen molar-refractivity contribution in [1.29, 1.82) is 0 Å². The Kier molecular flexibility index (Phi) is 6.83. The lowest BCUT2D eigenvalue weighted by Crippen LogP contribution is -2.52. The highest BCUT2D eigenvalue weighted by molar-refractivity contribution is 5.85. The van der Waals surface area contributed by atoms with E-state index in [0.717, 1.165) is 19.6 Å². The van der Waals surface area contributed by atoms with Gasteiger partial charge in [-0.1, -0.05) is 60.7 Å². The van der Waals surface area contributed by atoms with Crippen LogP contribution in [0.25, 0.3) is 0 Å². The van der Waals surface area contributed by atoms with Crippen molar-refractivity contribution in [3.63, 3.8) is 0 Å². The van der Waals surface area contributed by atoms with Crippen LogP contribution >= 0.6 is 12.4 Å². The molecule has 1 fully saturated rings. The fourth-order valence-electron chi connectivity index (χ4n) is 3.30. The molecule has 4 heteroatoms. The maximum atomic E-state index is 12.9. The number of nitrogens with one attached hydrogen (secondary N) is 1. The van der Waals surface area contributed by atoms with Gasteiger partial charge in [-0.25, -0.2) is 0 Å². The first-order valence-corrected chi connectivity index (χ1v) is 8.36. The highest BCUT2D eigenvalue weighted by Crippen LogP contribution is 2.29. The molecule has 2 aromatic carbocycles. The van der Waals surface area contributed by atoms with Gasteiger partial charge in [0.25, 0.3) is 0 Å². The first kappa shape index (κ1) is 18.5. The van der Waals surface area contributed by atoms with Gasteiger partial charge in [-0.3, -0.25) is 4.79 Å². The molecule has 1 saturated heterocycles. The summed E-state index contributed by atoms with van der Waals surface area (Å²) in [4.78, 5) is 14.9. The van der Waals surface area contributed by atoms with Crippen LogP contribution < -0.4 is 5.32 Å². The SMILES string of the molecule is C[C@H]1CNCCN1C(=O)CC(c1ccccc1)c1ccccc1.Cl. The Morgan fingerprint density at radius 1 is 1.08 bits per heavy atom. The lowest BCUT2D eigenvalue weighted by atomic mass is 9.88. The number of carbonyl (C=O) groups excluding carboxylic acids is 1. The van der Waals surface area contributed by atoms with Crippen molar-refractivity contribution in [3.8, 4) is 0 Å². The van der Waals surface area contributed by atoms with Gasteiger partial charge in [0.2, 0.25) is 5.91 Å². The molecular formula is C20H25ClN2O. The van der Waals surface area contributed by atoms with Gasteiger partial charge in [0, 0.05) is 38.0 Å². The van der Waals surface area contributed by atoms with Crippen molar-refractivity contribution in [3.05, 3.63) is 71.8 Å². The van der Waals surface area contributed by atoms with Gasteiger partial charge in [0.15, 0.2) is 0 Å². The summed E-state index contributed by atoms with van der Waals surface area (Å²) in [5.41, 5.74) is 2.41. The van der Waals surface area contributed by atoms with Gasteiger partial charge in [-0.05, 0) is 18.1 Å². The number of piperazine rings is 1. The summed E-state index contributed by atoms with van der Waals surface area (Å²) >= 11 is 0. The molecule has 1 aliphatic rings. The van der Waals surface area contributed by atoms with E-state index in [1.807, 2.05) is 41.3 Å². The van der Waals surface area contributed by atoms with Crippen LogP contribution in [0, 0.1) is 0 Å². The van der Waals surface area contributed by atoms with Crippen LogP contribution in [0.5, 0.6) is 0 Å². The van der Waals surface area contributed by atoms with Gasteiger partial charge < -0.3 is 10.2 Å². The van der Waals surface area contributed by atoms with E-state index in [0.29, 0.717) is 6.42 Å². The molecule has 3 rings (SSSR count). The molecule has 2 aromatic rings. The van der Waals surface area contributed by atoms with Crippen molar-refractivity contribution in [2.24, 2.45) is 0 Å². The predicted molar refractivity (Wildman–Crippen MR) is 101 cm³/mol. The average Bonchev–Trinajstić information content (AvgIpc) is 2.61. The quantitative estimate of drug-likeness (QED) is 0.921. The fourth-order valence-corrected chi connectivity index (χ4v) is 3.30. The maximum Gasteiger partial charge on any atom is 0.223 e. The van der Waals surface area contributed by atoms with Crippen LogP contribution in [-0.4, -0.2) is 36.5 Å². The van der Waals surface area contributed by atoms with Gasteiger partial charge in [-0.15, -0.1) is 12.4 Å². The van der Waals surface area contributed by atoms with Gasteiger partial charge in [0.1, 0.15) is 0 Å². The van der Waals surface area contributed by atoms with Crippen molar-refractivity contribution in [1.82, 2.24) is 10.2 Å². The van der Waals surface area contributed by atoms with E-state index >= 15 is 0 Å². The first-order chi connectivity index (χ1) is 11.3. The van der Waals surface area contributed by atoms with E-state index in [2.05, 4.69) is 36.5 Å². The van der Waals surface area contributed by atoms with E-state index in [1.54, 1.807) is 0 Å². The standard InChI is InChI=1S/C20H24N2O.ClH/c1-16-15-21-12-13-22(16)20(23)14-19(17-8-4-2-5-9-17)18-10-6-3-7-11-18;/h2-11,16,19,21H,12-15H2,1H3;1H/t16-;/m0./s1. The second-order valence-electron chi connectivity index (χ2n) is 6.22. The van der Waals surface area contributed by atoms with Crippen molar-refractivity contribution < 1.29 is 4.79 Å². The molecule has 0 bridgehead atoms. The molecule has 128 valence electrons. The zero-order chi connectivity index (χ0) is 16.1. The van der Waals surface area contributed by atoms with Gasteiger partial charge in [0.05, 0.1) is 0 Å². The Balaban J connectivity index is 0.00000208. The molecule has 1 amide bonds. The number of nitrogens with zero attached hydrogens (tertiary/aromatic N) is 1. The largest absolute Gasteiger partial charge is 0.337 e. The molecule has 24 heavy (non-hydrogen) atoms. The lowest BCUT2D eigenvalue weighted by Gasteiger charge is -2.35. The van der Waals surface area contributed by atoms with E-state index in [4.69, 9.17) is 0 Å². The molecule has 3 nitrogen and oxygen atoms in total. The van der Waals surface area contributed by atoms with Crippen LogP contribution in [0.1, 0.15) is 30.4 Å². The summed E-state index contributed by atoms with van der Waals surface area (Å²) in [5, 5.41) is 3.34. The Morgan fingerprint density at radius 2 is 1.62 bits per heavy atom. The monoisotopic (exact) mass is 344 g/mol. The van der Waals surface area contributed by atoms with Crippen molar-refractivity contribution >= 4 is 18.3 Å². The summed E-state index contributed by atoms with van der Waals surface area (Å²) in [6, 6.07) is 21.0. The van der Waals surface area contributed by atoms with E-state index in [-0.39, 0.29) is 30.3 Å². The molecule has 0 radical (unpaired) electrons. The molecule has 1 N–H and O–H groups in total. The van der Waals surface area contributed by atoms with Gasteiger partial charge >= 0.3 is 0 Å². The summed E-state index contributed by atoms with van der Waals surface area (Å²) in [6.07, 6.45) is 0.526. The molecule has 1 heterocycles. The molecule has 0 aromatic heterocycles. The number of hydrogen-bond donors (Lipinski definition) is 1. The minimum Gasteiger partial charge on any atom is -0.337 e. The number of amides is 1. The Hall–Kier alpha value is -1.84. The number of hydrogen-bond acceptors (Lipinski definition) is 2. The number of benzene rings is 2. The minimum atomic E-state index is 0. The molecule has 1 aliphatic heterocycles. The molecule has 0 aliphatic carbocycles. The van der Waals surface area contributed by atoms with E-state index < -0.39 is 0 Å². The van der Waals surface area contributed by atoms with Crippen LogP contribution in [0.4, 0.5) is 0 Å². The normalized spacial score (nSPS) is 17.4. The summed E-state index contributed by atoms with van der Waals surface area (Å²) in [7, 11) is 0. The number of rotatable bonds is 4. The fraction of sp³-hybridized carbons (Fsp3) is 0.350. The Morgan fingerprint density at radius 3 is 2.12 bits per heavy atom. The molecule has 0 unspecified atom stereocenters. The topological polar surface area (TPSA) is 32.3 Å². The number of halogens is 1. The molecule has 0 spiro atoms. The number of carbonyl (C=O) groups is 1. The van der Waals surface area contributed by atoms with Crippen molar-refractivity contribution in [2.45, 2.75) is 25.3 Å². The third kappa shape index (κ3) is 4.37. The summed E-state index contributed by atoms with van der Waals surface area (Å²) in [5.74, 6) is 0.365. The smallest absolute Gasteiger partial charge is 0.223 e. The predicted octanol–water partition coefficient (Wildman–Crippen LogP) is 3.45. The summed E-state index contributed by atoms with van der Waals surface area (Å²) < 4.78 is 0. The lowest BCUT2D eigenvalue weighted by molar-refractivity contribution is -0.134. The second kappa shape index (κ2) is 8.86.